The highest BCUT2D eigenvalue weighted by molar-refractivity contribution is 6.25. The zero-order valence-corrected chi connectivity index (χ0v) is 23.4. The summed E-state index contributed by atoms with van der Waals surface area (Å²) >= 11 is 0. The molecule has 6 N–H and O–H groups in total. The zero-order chi connectivity index (χ0) is 30.1. The Balaban J connectivity index is 1.70. The maximum Gasteiger partial charge on any atom is 0.255 e. The molecule has 0 saturated carbocycles. The van der Waals surface area contributed by atoms with Gasteiger partial charge in [0.25, 0.3) is 5.91 Å². The molecule has 4 atom stereocenters. The summed E-state index contributed by atoms with van der Waals surface area (Å²) in [6, 6.07) is 3.87. The van der Waals surface area contributed by atoms with E-state index in [4.69, 9.17) is 5.73 Å². The van der Waals surface area contributed by atoms with E-state index in [0.717, 1.165) is 18.7 Å². The Morgan fingerprint density at radius 3 is 2.37 bits per heavy atom. The van der Waals surface area contributed by atoms with Gasteiger partial charge in [0.15, 0.2) is 11.4 Å². The minimum absolute atomic E-state index is 0.0235. The number of hydrogen-bond acceptors (Lipinski definition) is 9. The van der Waals surface area contributed by atoms with Gasteiger partial charge in [-0.05, 0) is 57.6 Å². The van der Waals surface area contributed by atoms with E-state index in [0.29, 0.717) is 6.54 Å². The van der Waals surface area contributed by atoms with E-state index in [1.165, 1.54) is 4.90 Å². The van der Waals surface area contributed by atoms with E-state index >= 15 is 4.39 Å². The topological polar surface area (TPSA) is 165 Å². The summed E-state index contributed by atoms with van der Waals surface area (Å²) < 4.78 is 16.0. The van der Waals surface area contributed by atoms with Gasteiger partial charge in [-0.2, -0.15) is 0 Å². The number of likely N-dealkylation sites (N-methyl/N-ethyl adjacent to an activating group) is 1. The van der Waals surface area contributed by atoms with Gasteiger partial charge in [-0.3, -0.25) is 24.2 Å². The lowest BCUT2D eigenvalue weighted by molar-refractivity contribution is -0.148. The van der Waals surface area contributed by atoms with Crippen molar-refractivity contribution in [3.8, 4) is 5.75 Å². The molecule has 0 saturated heterocycles. The molecule has 0 unspecified atom stereocenters. The molecule has 1 amide bonds. The summed E-state index contributed by atoms with van der Waals surface area (Å²) in [7, 11) is 3.09. The molecule has 10 nitrogen and oxygen atoms in total. The first-order chi connectivity index (χ1) is 19.3. The number of allylic oxidation sites excluding steroid dienone is 1. The number of ketones is 2. The molecule has 41 heavy (non-hydrogen) atoms. The summed E-state index contributed by atoms with van der Waals surface area (Å²) in [4.78, 5) is 43.0. The fraction of sp³-hybridized carbons (Fsp3) is 0.433. The number of phenolic OH excluding ortho intramolecular Hbond substituents is 1. The number of carbonyl (C=O) groups is 3. The number of aliphatic hydroxyl groups is 3. The van der Waals surface area contributed by atoms with Crippen LogP contribution in [0.4, 0.5) is 4.39 Å². The summed E-state index contributed by atoms with van der Waals surface area (Å²) in [5.74, 6) is -8.29. The van der Waals surface area contributed by atoms with Crippen molar-refractivity contribution in [2.45, 2.75) is 44.9 Å². The Bertz CT molecular complexity index is 1580. The number of benzene rings is 2. The van der Waals surface area contributed by atoms with Crippen LogP contribution >= 0.6 is 0 Å². The van der Waals surface area contributed by atoms with Crippen molar-refractivity contribution in [1.82, 2.24) is 9.80 Å². The van der Waals surface area contributed by atoms with Crippen molar-refractivity contribution in [2.75, 3.05) is 27.2 Å². The minimum Gasteiger partial charge on any atom is -0.510 e. The predicted molar refractivity (Wildman–Crippen MR) is 148 cm³/mol. The second-order valence-electron chi connectivity index (χ2n) is 11.3. The van der Waals surface area contributed by atoms with Gasteiger partial charge in [0.2, 0.25) is 5.78 Å². The molecule has 0 aromatic heterocycles. The number of phenols is 1. The summed E-state index contributed by atoms with van der Waals surface area (Å²) in [5.41, 5.74) is 1.87. The van der Waals surface area contributed by atoms with Crippen molar-refractivity contribution in [3.05, 3.63) is 63.4 Å². The summed E-state index contributed by atoms with van der Waals surface area (Å²) in [5, 5.41) is 45.6. The molecule has 11 heteroatoms. The van der Waals surface area contributed by atoms with Gasteiger partial charge in [-0.15, -0.1) is 0 Å². The molecule has 2 aromatic rings. The number of amides is 1. The number of fused-ring (bicyclic) bond motifs is 4. The van der Waals surface area contributed by atoms with Gasteiger partial charge < -0.3 is 26.2 Å². The standard InChI is InChI=1S/C30H34FN3O7/c1-5-34(6-2)12-13-7-8-15-16(9-13)24(35)20-17(22(15)31)10-14-11-18-23(33(3)4)26(37)21(29(32)40)28(39)30(18,41)27(38)19(14)25(20)36/h7-9,14,18,23,35,37-38,41H,5-6,10-12H2,1-4H3,(H2,32,40)/t14-,18-,23-,30-/m0/s1. The Morgan fingerprint density at radius 1 is 1.12 bits per heavy atom. The third-order valence-electron chi connectivity index (χ3n) is 8.99. The molecule has 0 bridgehead atoms. The van der Waals surface area contributed by atoms with Crippen LogP contribution in [-0.4, -0.2) is 86.5 Å². The number of aliphatic hydroxyl groups excluding tert-OH is 2. The van der Waals surface area contributed by atoms with Crippen molar-refractivity contribution in [2.24, 2.45) is 17.6 Å². The largest absolute Gasteiger partial charge is 0.510 e. The summed E-state index contributed by atoms with van der Waals surface area (Å²) in [6.07, 6.45) is -0.210. The average molecular weight is 568 g/mol. The second-order valence-corrected chi connectivity index (χ2v) is 11.3. The van der Waals surface area contributed by atoms with Gasteiger partial charge in [-0.1, -0.05) is 26.0 Å². The number of carbonyl (C=O) groups excluding carboxylic acids is 3. The molecule has 5 rings (SSSR count). The first-order valence-corrected chi connectivity index (χ1v) is 13.6. The second kappa shape index (κ2) is 9.93. The summed E-state index contributed by atoms with van der Waals surface area (Å²) in [6.45, 7) is 6.14. The van der Waals surface area contributed by atoms with Crippen LogP contribution in [-0.2, 0) is 22.6 Å². The number of nitrogens with zero attached hydrogens (tertiary/aromatic N) is 2. The molecule has 2 aromatic carbocycles. The van der Waals surface area contributed by atoms with Crippen LogP contribution in [0.25, 0.3) is 10.8 Å². The number of halogens is 1. The van der Waals surface area contributed by atoms with Crippen LogP contribution in [0.1, 0.15) is 41.8 Å². The number of rotatable bonds is 6. The number of primary amides is 1. The van der Waals surface area contributed by atoms with Crippen LogP contribution in [0.2, 0.25) is 0 Å². The van der Waals surface area contributed by atoms with Gasteiger partial charge >= 0.3 is 0 Å². The quantitative estimate of drug-likeness (QED) is 0.329. The maximum atomic E-state index is 16.0. The molecule has 3 aliphatic carbocycles. The lowest BCUT2D eigenvalue weighted by Crippen LogP contribution is -2.63. The first-order valence-electron chi connectivity index (χ1n) is 13.6. The highest BCUT2D eigenvalue weighted by Crippen LogP contribution is 2.53. The Hall–Kier alpha value is -3.80. The van der Waals surface area contributed by atoms with Gasteiger partial charge in [0.05, 0.1) is 11.6 Å². The lowest BCUT2D eigenvalue weighted by Gasteiger charge is -2.50. The predicted octanol–water partition coefficient (Wildman–Crippen LogP) is 2.25. The third-order valence-corrected chi connectivity index (χ3v) is 8.99. The SMILES string of the molecule is CCN(CC)Cc1ccc2c(F)c3c(c(O)c2c1)C(=O)C1=C(O)[C@]2(O)C(=O)C(C(N)=O)=C(O)[C@@H](N(C)C)[C@@H]2C[C@@H]1C3. The molecule has 0 aliphatic heterocycles. The van der Waals surface area contributed by atoms with Gasteiger partial charge in [0.1, 0.15) is 28.7 Å². The van der Waals surface area contributed by atoms with Crippen LogP contribution in [0.5, 0.6) is 5.75 Å². The van der Waals surface area contributed by atoms with Gasteiger partial charge in [-0.25, -0.2) is 4.39 Å². The normalized spacial score (nSPS) is 26.1. The maximum absolute atomic E-state index is 16.0. The lowest BCUT2D eigenvalue weighted by atomic mass is 9.58. The van der Waals surface area contributed by atoms with E-state index in [-0.39, 0.29) is 40.3 Å². The number of Topliss-reactive ketones (excluding diaryl/α,β-unsaturated/α-hetero) is 2. The highest BCUT2D eigenvalue weighted by atomic mass is 19.1. The van der Waals surface area contributed by atoms with Crippen molar-refractivity contribution in [1.29, 1.82) is 0 Å². The molecular weight excluding hydrogens is 533 g/mol. The Morgan fingerprint density at radius 2 is 1.78 bits per heavy atom. The number of hydrogen-bond donors (Lipinski definition) is 5. The molecule has 0 spiro atoms. The van der Waals surface area contributed by atoms with Crippen molar-refractivity contribution < 1.29 is 39.2 Å². The van der Waals surface area contributed by atoms with E-state index in [2.05, 4.69) is 4.90 Å². The van der Waals surface area contributed by atoms with E-state index in [1.54, 1.807) is 32.3 Å². The first kappa shape index (κ1) is 28.7. The van der Waals surface area contributed by atoms with E-state index in [9.17, 15) is 34.8 Å². The van der Waals surface area contributed by atoms with Crippen LogP contribution in [0.3, 0.4) is 0 Å². The molecule has 0 radical (unpaired) electrons. The van der Waals surface area contributed by atoms with Crippen molar-refractivity contribution >= 4 is 28.2 Å². The van der Waals surface area contributed by atoms with Crippen molar-refractivity contribution in [3.63, 3.8) is 0 Å². The van der Waals surface area contributed by atoms with Gasteiger partial charge in [0, 0.05) is 34.4 Å². The smallest absolute Gasteiger partial charge is 0.255 e. The molecule has 3 aliphatic rings. The highest BCUT2D eigenvalue weighted by Gasteiger charge is 2.63. The fourth-order valence-corrected chi connectivity index (χ4v) is 6.92. The monoisotopic (exact) mass is 567 g/mol. The molecule has 0 heterocycles. The van der Waals surface area contributed by atoms with E-state index < -0.39 is 69.6 Å². The van der Waals surface area contributed by atoms with Crippen LogP contribution in [0.15, 0.2) is 40.9 Å². The van der Waals surface area contributed by atoms with Crippen LogP contribution < -0.4 is 5.73 Å². The van der Waals surface area contributed by atoms with E-state index in [1.807, 2.05) is 13.8 Å². The molecule has 218 valence electrons. The molecular formula is C30H34FN3O7. The fourth-order valence-electron chi connectivity index (χ4n) is 6.92. The minimum atomic E-state index is -2.74. The molecule has 0 fully saturated rings. The number of nitrogens with two attached hydrogens (primary N) is 1. The van der Waals surface area contributed by atoms with Crippen LogP contribution in [0, 0.1) is 17.7 Å². The Kier molecular flexibility index (Phi) is 6.96. The average Bonchev–Trinajstić information content (AvgIpc) is 2.91. The third kappa shape index (κ3) is 3.98. The Labute approximate surface area is 236 Å². The number of aromatic hydroxyl groups is 1. The zero-order valence-electron chi connectivity index (χ0n) is 23.4.